The van der Waals surface area contributed by atoms with E-state index >= 15 is 0 Å². The molecule has 5 heteroatoms. The molecule has 0 radical (unpaired) electrons. The highest BCUT2D eigenvalue weighted by molar-refractivity contribution is 7.10. The minimum Gasteiger partial charge on any atom is -0.457 e. The van der Waals surface area contributed by atoms with Gasteiger partial charge in [0.25, 0.3) is 0 Å². The van der Waals surface area contributed by atoms with Crippen LogP contribution < -0.4 is 5.32 Å². The van der Waals surface area contributed by atoms with Crippen LogP contribution in [0.1, 0.15) is 42.5 Å². The van der Waals surface area contributed by atoms with Crippen LogP contribution in [-0.4, -0.2) is 11.8 Å². The summed E-state index contributed by atoms with van der Waals surface area (Å²) < 4.78 is 5.62. The van der Waals surface area contributed by atoms with Crippen molar-refractivity contribution < 1.29 is 14.3 Å². The van der Waals surface area contributed by atoms with E-state index < -0.39 is 0 Å². The van der Waals surface area contributed by atoms with E-state index in [2.05, 4.69) is 5.32 Å². The molecule has 4 nitrogen and oxygen atoms in total. The van der Waals surface area contributed by atoms with Crippen molar-refractivity contribution in [2.45, 2.75) is 38.7 Å². The van der Waals surface area contributed by atoms with Gasteiger partial charge in [-0.1, -0.05) is 36.4 Å². The Balaban J connectivity index is 1.67. The molecular weight excluding hydrogens is 358 g/mol. The number of rotatable bonds is 4. The smallest absolute Gasteiger partial charge is 0.337 e. The molecule has 0 fully saturated rings. The van der Waals surface area contributed by atoms with Crippen molar-refractivity contribution in [2.75, 3.05) is 0 Å². The van der Waals surface area contributed by atoms with E-state index in [0.29, 0.717) is 12.0 Å². The number of thiophene rings is 1. The molecule has 138 valence electrons. The van der Waals surface area contributed by atoms with Gasteiger partial charge >= 0.3 is 5.97 Å². The molecule has 4 rings (SSSR count). The highest BCUT2D eigenvalue weighted by atomic mass is 32.1. The lowest BCUT2D eigenvalue weighted by Crippen LogP contribution is -2.34. The summed E-state index contributed by atoms with van der Waals surface area (Å²) in [4.78, 5) is 26.7. The molecule has 0 spiro atoms. The highest BCUT2D eigenvalue weighted by Crippen LogP contribution is 2.43. The van der Waals surface area contributed by atoms with E-state index in [4.69, 9.17) is 4.74 Å². The number of esters is 1. The van der Waals surface area contributed by atoms with E-state index in [9.17, 15) is 9.59 Å². The van der Waals surface area contributed by atoms with Crippen molar-refractivity contribution in [1.29, 1.82) is 0 Å². The Kier molecular flexibility index (Phi) is 4.94. The van der Waals surface area contributed by atoms with E-state index in [-0.39, 0.29) is 24.3 Å². The molecule has 27 heavy (non-hydrogen) atoms. The lowest BCUT2D eigenvalue weighted by Gasteiger charge is -2.33. The van der Waals surface area contributed by atoms with E-state index in [1.807, 2.05) is 54.8 Å². The molecule has 1 aliphatic carbocycles. The quantitative estimate of drug-likeness (QED) is 0.797. The van der Waals surface area contributed by atoms with Crippen LogP contribution in [0.2, 0.25) is 0 Å². The number of dihydropyridines is 1. The van der Waals surface area contributed by atoms with Crippen LogP contribution in [0.5, 0.6) is 0 Å². The van der Waals surface area contributed by atoms with Crippen LogP contribution in [0.4, 0.5) is 0 Å². The molecule has 1 N–H and O–H groups in total. The van der Waals surface area contributed by atoms with Gasteiger partial charge in [0.1, 0.15) is 6.61 Å². The fraction of sp³-hybridized carbons (Fsp3) is 0.273. The zero-order valence-corrected chi connectivity index (χ0v) is 16.0. The molecule has 0 bridgehead atoms. The summed E-state index contributed by atoms with van der Waals surface area (Å²) in [7, 11) is 0. The third kappa shape index (κ3) is 3.47. The van der Waals surface area contributed by atoms with Crippen LogP contribution in [0.15, 0.2) is 70.4 Å². The van der Waals surface area contributed by atoms with Gasteiger partial charge < -0.3 is 10.1 Å². The molecular formula is C22H21NO3S. The Labute approximate surface area is 162 Å². The first kappa shape index (κ1) is 17.7. The van der Waals surface area contributed by atoms with Crippen LogP contribution in [0.25, 0.3) is 0 Å². The molecule has 0 amide bonds. The lowest BCUT2D eigenvalue weighted by molar-refractivity contribution is -0.140. The Bertz CT molecular complexity index is 926. The van der Waals surface area contributed by atoms with Crippen molar-refractivity contribution in [1.82, 2.24) is 5.32 Å². The summed E-state index contributed by atoms with van der Waals surface area (Å²) in [5.41, 5.74) is 3.96. The number of carbonyl (C=O) groups is 2. The number of allylic oxidation sites excluding steroid dienone is 3. The number of nitrogens with one attached hydrogen (secondary N) is 1. The minimum atomic E-state index is -0.368. The second kappa shape index (κ2) is 7.53. The van der Waals surface area contributed by atoms with Crippen molar-refractivity contribution in [3.63, 3.8) is 0 Å². The molecule has 0 saturated heterocycles. The Morgan fingerprint density at radius 3 is 2.74 bits per heavy atom. The van der Waals surface area contributed by atoms with Gasteiger partial charge in [-0.25, -0.2) is 4.79 Å². The van der Waals surface area contributed by atoms with Crippen LogP contribution in [0.3, 0.4) is 0 Å². The van der Waals surface area contributed by atoms with E-state index in [1.54, 1.807) is 11.3 Å². The maximum Gasteiger partial charge on any atom is 0.337 e. The number of hydrogen-bond acceptors (Lipinski definition) is 5. The van der Waals surface area contributed by atoms with Gasteiger partial charge in [0.15, 0.2) is 5.78 Å². The second-order valence-corrected chi connectivity index (χ2v) is 7.82. The monoisotopic (exact) mass is 379 g/mol. The maximum atomic E-state index is 13.0. The summed E-state index contributed by atoms with van der Waals surface area (Å²) in [5.74, 6) is -0.576. The summed E-state index contributed by atoms with van der Waals surface area (Å²) in [6.07, 6.45) is 2.23. The zero-order chi connectivity index (χ0) is 18.8. The van der Waals surface area contributed by atoms with Gasteiger partial charge in [-0.2, -0.15) is 0 Å². The number of benzene rings is 1. The molecule has 1 aromatic heterocycles. The summed E-state index contributed by atoms with van der Waals surface area (Å²) in [6.45, 7) is 2.11. The second-order valence-electron chi connectivity index (χ2n) is 6.84. The van der Waals surface area contributed by atoms with Gasteiger partial charge in [0.05, 0.1) is 11.5 Å². The fourth-order valence-corrected chi connectivity index (χ4v) is 4.64. The van der Waals surface area contributed by atoms with Gasteiger partial charge in [-0.3, -0.25) is 4.79 Å². The summed E-state index contributed by atoms with van der Waals surface area (Å²) >= 11 is 1.57. The van der Waals surface area contributed by atoms with Gasteiger partial charge in [-0.05, 0) is 36.8 Å². The third-order valence-electron chi connectivity index (χ3n) is 5.04. The average Bonchev–Trinajstić information content (AvgIpc) is 3.20. The van der Waals surface area contributed by atoms with Crippen LogP contribution >= 0.6 is 11.3 Å². The van der Waals surface area contributed by atoms with Gasteiger partial charge in [0.2, 0.25) is 0 Å². The Morgan fingerprint density at radius 2 is 2.00 bits per heavy atom. The SMILES string of the molecule is CC1=C(C(=O)OCc2ccccc2)[C@@H](c2cccs2)C2=C(CCCC2=O)N1. The summed E-state index contributed by atoms with van der Waals surface area (Å²) in [6, 6.07) is 13.6. The van der Waals surface area contributed by atoms with E-state index in [0.717, 1.165) is 40.2 Å². The first-order valence-corrected chi connectivity index (χ1v) is 10.0. The predicted molar refractivity (Wildman–Crippen MR) is 105 cm³/mol. The van der Waals surface area contributed by atoms with Gasteiger partial charge in [-0.15, -0.1) is 11.3 Å². The molecule has 1 atom stereocenters. The number of ether oxygens (including phenoxy) is 1. The van der Waals surface area contributed by atoms with Crippen molar-refractivity contribution in [3.8, 4) is 0 Å². The Morgan fingerprint density at radius 1 is 1.19 bits per heavy atom. The van der Waals surface area contributed by atoms with Crippen molar-refractivity contribution >= 4 is 23.1 Å². The first-order valence-electron chi connectivity index (χ1n) is 9.13. The molecule has 0 unspecified atom stereocenters. The molecule has 2 aromatic rings. The fourth-order valence-electron chi connectivity index (χ4n) is 3.79. The number of carbonyl (C=O) groups excluding carboxylic acids is 2. The van der Waals surface area contributed by atoms with Crippen LogP contribution in [0, 0.1) is 0 Å². The lowest BCUT2D eigenvalue weighted by atomic mass is 9.78. The number of ketones is 1. The highest BCUT2D eigenvalue weighted by Gasteiger charge is 2.39. The van der Waals surface area contributed by atoms with Crippen molar-refractivity contribution in [2.24, 2.45) is 0 Å². The first-order chi connectivity index (χ1) is 13.1. The molecule has 2 heterocycles. The van der Waals surface area contributed by atoms with E-state index in [1.165, 1.54) is 0 Å². The molecule has 2 aliphatic rings. The standard InChI is InChI=1S/C22H21NO3S/c1-14-19(22(25)26-13-15-7-3-2-4-8-15)21(18-11-6-12-27-18)20-16(23-14)9-5-10-17(20)24/h2-4,6-8,11-12,21,23H,5,9-10,13H2,1H3/t21-/m1/s1. The van der Waals surface area contributed by atoms with Gasteiger partial charge in [0, 0.05) is 28.3 Å². The molecule has 1 aromatic carbocycles. The van der Waals surface area contributed by atoms with Crippen LogP contribution in [-0.2, 0) is 20.9 Å². The third-order valence-corrected chi connectivity index (χ3v) is 5.97. The average molecular weight is 379 g/mol. The number of hydrogen-bond donors (Lipinski definition) is 1. The summed E-state index contributed by atoms with van der Waals surface area (Å²) in [5, 5.41) is 5.29. The molecule has 0 saturated carbocycles. The zero-order valence-electron chi connectivity index (χ0n) is 15.2. The topological polar surface area (TPSA) is 55.4 Å². The Hall–Kier alpha value is -2.66. The normalized spacial score (nSPS) is 19.6. The molecule has 1 aliphatic heterocycles. The van der Waals surface area contributed by atoms with Crippen molar-refractivity contribution in [3.05, 3.63) is 80.8 Å². The largest absolute Gasteiger partial charge is 0.457 e. The maximum absolute atomic E-state index is 13.0. The minimum absolute atomic E-state index is 0.128. The predicted octanol–water partition coefficient (Wildman–Crippen LogP) is 4.46. The number of Topliss-reactive ketones (excluding diaryl/α,β-unsaturated/α-hetero) is 1.